The molecule has 1 fully saturated rings. The normalized spacial score (nSPS) is 23.6. The van der Waals surface area contributed by atoms with Gasteiger partial charge in [-0.15, -0.1) is 0 Å². The maximum atomic E-state index is 5.96. The number of ether oxygens (including phenoxy) is 1. The molecule has 0 saturated heterocycles. The van der Waals surface area contributed by atoms with Gasteiger partial charge in [-0.05, 0) is 18.8 Å². The smallest absolute Gasteiger partial charge is 0.195 e. The molecule has 0 bridgehead atoms. The Morgan fingerprint density at radius 3 is 2.28 bits per heavy atom. The standard InChI is InChI=1S/C14H29N3O/c1-12-8-6-7-9-13(12)18-11-10-15-14(16(2)3)17(4)5/h12-13H,6-11H2,1-5H3. The van der Waals surface area contributed by atoms with Crippen LogP contribution in [0.3, 0.4) is 0 Å². The molecule has 0 aromatic rings. The topological polar surface area (TPSA) is 28.1 Å². The monoisotopic (exact) mass is 255 g/mol. The van der Waals surface area contributed by atoms with E-state index in [0.717, 1.165) is 19.1 Å². The molecule has 18 heavy (non-hydrogen) atoms. The Morgan fingerprint density at radius 1 is 1.11 bits per heavy atom. The summed E-state index contributed by atoms with van der Waals surface area (Å²) in [6, 6.07) is 0. The molecule has 0 radical (unpaired) electrons. The van der Waals surface area contributed by atoms with Gasteiger partial charge in [0.15, 0.2) is 5.96 Å². The second kappa shape index (κ2) is 7.62. The van der Waals surface area contributed by atoms with Gasteiger partial charge in [0, 0.05) is 28.2 Å². The minimum absolute atomic E-state index is 0.455. The largest absolute Gasteiger partial charge is 0.376 e. The van der Waals surface area contributed by atoms with Gasteiger partial charge >= 0.3 is 0 Å². The van der Waals surface area contributed by atoms with E-state index in [0.29, 0.717) is 12.0 Å². The predicted octanol–water partition coefficient (Wildman–Crippen LogP) is 2.06. The zero-order valence-corrected chi connectivity index (χ0v) is 12.6. The van der Waals surface area contributed by atoms with Gasteiger partial charge < -0.3 is 14.5 Å². The highest BCUT2D eigenvalue weighted by Crippen LogP contribution is 2.25. The molecule has 1 saturated carbocycles. The first-order valence-corrected chi connectivity index (χ1v) is 7.03. The quantitative estimate of drug-likeness (QED) is 0.437. The van der Waals surface area contributed by atoms with Crippen LogP contribution >= 0.6 is 0 Å². The molecular formula is C14H29N3O. The highest BCUT2D eigenvalue weighted by molar-refractivity contribution is 5.79. The fourth-order valence-electron chi connectivity index (χ4n) is 2.56. The fourth-order valence-corrected chi connectivity index (χ4v) is 2.56. The van der Waals surface area contributed by atoms with Crippen molar-refractivity contribution in [2.75, 3.05) is 41.3 Å². The molecule has 2 atom stereocenters. The van der Waals surface area contributed by atoms with Crippen molar-refractivity contribution in [2.45, 2.75) is 38.7 Å². The first-order chi connectivity index (χ1) is 8.52. The molecular weight excluding hydrogens is 226 g/mol. The summed E-state index contributed by atoms with van der Waals surface area (Å²) in [5.41, 5.74) is 0. The van der Waals surface area contributed by atoms with Crippen LogP contribution in [0, 0.1) is 5.92 Å². The van der Waals surface area contributed by atoms with Crippen LogP contribution in [-0.4, -0.2) is 63.2 Å². The average Bonchev–Trinajstić information content (AvgIpc) is 2.30. The lowest BCUT2D eigenvalue weighted by Gasteiger charge is -2.28. The lowest BCUT2D eigenvalue weighted by Crippen LogP contribution is -2.36. The molecule has 1 rings (SSSR count). The summed E-state index contributed by atoms with van der Waals surface area (Å²) in [5, 5.41) is 0. The average molecular weight is 255 g/mol. The Balaban J connectivity index is 2.30. The van der Waals surface area contributed by atoms with E-state index in [9.17, 15) is 0 Å². The molecule has 2 unspecified atom stereocenters. The van der Waals surface area contributed by atoms with Crippen LogP contribution in [0.4, 0.5) is 0 Å². The third-order valence-corrected chi connectivity index (χ3v) is 3.51. The van der Waals surface area contributed by atoms with E-state index in [4.69, 9.17) is 4.74 Å². The molecule has 106 valence electrons. The van der Waals surface area contributed by atoms with E-state index >= 15 is 0 Å². The third kappa shape index (κ3) is 4.84. The van der Waals surface area contributed by atoms with Crippen molar-refractivity contribution in [3.63, 3.8) is 0 Å². The first-order valence-electron chi connectivity index (χ1n) is 7.03. The van der Waals surface area contributed by atoms with Crippen LogP contribution in [0.5, 0.6) is 0 Å². The van der Waals surface area contributed by atoms with E-state index in [1.165, 1.54) is 25.7 Å². The summed E-state index contributed by atoms with van der Waals surface area (Å²) in [7, 11) is 8.07. The lowest BCUT2D eigenvalue weighted by molar-refractivity contribution is -0.000744. The second-order valence-electron chi connectivity index (χ2n) is 5.64. The van der Waals surface area contributed by atoms with Crippen LogP contribution in [0.25, 0.3) is 0 Å². The molecule has 0 aliphatic heterocycles. The van der Waals surface area contributed by atoms with E-state index < -0.39 is 0 Å². The van der Waals surface area contributed by atoms with Gasteiger partial charge in [0.05, 0.1) is 19.3 Å². The Labute approximate surface area is 112 Å². The van der Waals surface area contributed by atoms with Crippen LogP contribution in [0.1, 0.15) is 32.6 Å². The van der Waals surface area contributed by atoms with Crippen LogP contribution in [0.15, 0.2) is 4.99 Å². The molecule has 4 heteroatoms. The first kappa shape index (κ1) is 15.3. The van der Waals surface area contributed by atoms with Crippen molar-refractivity contribution in [3.8, 4) is 0 Å². The van der Waals surface area contributed by atoms with Crippen molar-refractivity contribution >= 4 is 5.96 Å². The van der Waals surface area contributed by atoms with Crippen LogP contribution in [0.2, 0.25) is 0 Å². The Bertz CT molecular complexity index is 254. The van der Waals surface area contributed by atoms with Gasteiger partial charge in [-0.1, -0.05) is 19.8 Å². The van der Waals surface area contributed by atoms with E-state index in [1.807, 2.05) is 38.0 Å². The van der Waals surface area contributed by atoms with Crippen molar-refractivity contribution < 1.29 is 4.74 Å². The van der Waals surface area contributed by atoms with E-state index in [1.54, 1.807) is 0 Å². The SMILES string of the molecule is CC1CCCCC1OCCN=C(N(C)C)N(C)C. The summed E-state index contributed by atoms with van der Waals surface area (Å²) in [6.45, 7) is 3.78. The van der Waals surface area contributed by atoms with Crippen molar-refractivity contribution in [1.29, 1.82) is 0 Å². The molecule has 0 aromatic heterocycles. The molecule has 1 aliphatic carbocycles. The number of aliphatic imine (C=N–C) groups is 1. The van der Waals surface area contributed by atoms with Gasteiger partial charge in [-0.2, -0.15) is 0 Å². The number of nitrogens with zero attached hydrogens (tertiary/aromatic N) is 3. The summed E-state index contributed by atoms with van der Waals surface area (Å²) in [4.78, 5) is 8.64. The summed E-state index contributed by atoms with van der Waals surface area (Å²) < 4.78 is 5.96. The molecule has 0 N–H and O–H groups in total. The minimum Gasteiger partial charge on any atom is -0.376 e. The Morgan fingerprint density at radius 2 is 1.72 bits per heavy atom. The van der Waals surface area contributed by atoms with Gasteiger partial charge in [-0.3, -0.25) is 4.99 Å². The lowest BCUT2D eigenvalue weighted by atomic mass is 9.88. The Kier molecular flexibility index (Phi) is 6.47. The summed E-state index contributed by atoms with van der Waals surface area (Å²) in [6.07, 6.45) is 5.67. The Hall–Kier alpha value is -0.770. The molecule has 0 spiro atoms. The second-order valence-corrected chi connectivity index (χ2v) is 5.64. The minimum atomic E-state index is 0.455. The summed E-state index contributed by atoms with van der Waals surface area (Å²) in [5.74, 6) is 1.71. The van der Waals surface area contributed by atoms with E-state index in [2.05, 4.69) is 11.9 Å². The zero-order valence-electron chi connectivity index (χ0n) is 12.6. The molecule has 4 nitrogen and oxygen atoms in total. The zero-order chi connectivity index (χ0) is 13.5. The van der Waals surface area contributed by atoms with Crippen molar-refractivity contribution in [3.05, 3.63) is 0 Å². The van der Waals surface area contributed by atoms with E-state index in [-0.39, 0.29) is 0 Å². The molecule has 0 aromatic carbocycles. The van der Waals surface area contributed by atoms with Gasteiger partial charge in [0.2, 0.25) is 0 Å². The molecule has 0 amide bonds. The maximum Gasteiger partial charge on any atom is 0.195 e. The fraction of sp³-hybridized carbons (Fsp3) is 0.929. The van der Waals surface area contributed by atoms with Gasteiger partial charge in [-0.25, -0.2) is 0 Å². The van der Waals surface area contributed by atoms with Gasteiger partial charge in [0.1, 0.15) is 0 Å². The number of rotatable bonds is 4. The van der Waals surface area contributed by atoms with Gasteiger partial charge in [0.25, 0.3) is 0 Å². The highest BCUT2D eigenvalue weighted by Gasteiger charge is 2.21. The number of guanidine groups is 1. The molecule has 0 heterocycles. The predicted molar refractivity (Wildman–Crippen MR) is 77.0 cm³/mol. The molecule has 1 aliphatic rings. The van der Waals surface area contributed by atoms with Crippen molar-refractivity contribution in [1.82, 2.24) is 9.80 Å². The van der Waals surface area contributed by atoms with Crippen molar-refractivity contribution in [2.24, 2.45) is 10.9 Å². The third-order valence-electron chi connectivity index (χ3n) is 3.51. The van der Waals surface area contributed by atoms with Crippen LogP contribution < -0.4 is 0 Å². The number of hydrogen-bond donors (Lipinski definition) is 0. The number of hydrogen-bond acceptors (Lipinski definition) is 2. The maximum absolute atomic E-state index is 5.96. The summed E-state index contributed by atoms with van der Waals surface area (Å²) >= 11 is 0. The highest BCUT2D eigenvalue weighted by atomic mass is 16.5. The van der Waals surface area contributed by atoms with Crippen LogP contribution in [-0.2, 0) is 4.74 Å².